The molecule has 2 fully saturated rings. The Hall–Kier alpha value is -0.790. The summed E-state index contributed by atoms with van der Waals surface area (Å²) in [7, 11) is 0. The van der Waals surface area contributed by atoms with Gasteiger partial charge in [-0.05, 0) is 58.3 Å². The van der Waals surface area contributed by atoms with Gasteiger partial charge in [0.2, 0.25) is 5.91 Å². The van der Waals surface area contributed by atoms with E-state index in [4.69, 9.17) is 5.11 Å². The topological polar surface area (TPSA) is 106 Å². The molecule has 2 aliphatic carbocycles. The minimum Gasteiger partial charge on any atom is -0.548 e. The number of aliphatic hydroxyl groups excluding tert-OH is 1. The Morgan fingerprint density at radius 2 is 1.52 bits per heavy atom. The zero-order chi connectivity index (χ0) is 20.1. The fourth-order valence-electron chi connectivity index (χ4n) is 3.81. The SMILES string of the molecule is C1CCC([NH2+]C2CCCCC2)CC1.CC(=O)N[C@@H](CSCC(C)O)C(=O)[O-]. The summed E-state index contributed by atoms with van der Waals surface area (Å²) in [5, 5.41) is 24.4. The molecule has 2 saturated carbocycles. The van der Waals surface area contributed by atoms with Crippen molar-refractivity contribution < 1.29 is 25.1 Å². The molecule has 0 radical (unpaired) electrons. The molecule has 2 aliphatic rings. The van der Waals surface area contributed by atoms with Gasteiger partial charge >= 0.3 is 0 Å². The molecule has 0 spiro atoms. The van der Waals surface area contributed by atoms with E-state index in [1.807, 2.05) is 0 Å². The fourth-order valence-corrected chi connectivity index (χ4v) is 4.74. The maximum absolute atomic E-state index is 10.6. The highest BCUT2D eigenvalue weighted by atomic mass is 32.2. The van der Waals surface area contributed by atoms with E-state index in [-0.39, 0.29) is 5.75 Å². The van der Waals surface area contributed by atoms with Crippen LogP contribution in [0.5, 0.6) is 0 Å². The van der Waals surface area contributed by atoms with Gasteiger partial charge in [0.1, 0.15) is 0 Å². The molecule has 1 amide bonds. The summed E-state index contributed by atoms with van der Waals surface area (Å²) in [5.41, 5.74) is 0. The molecular weight excluding hydrogens is 364 g/mol. The molecule has 1 unspecified atom stereocenters. The summed E-state index contributed by atoms with van der Waals surface area (Å²) in [6.07, 6.45) is 14.5. The van der Waals surface area contributed by atoms with Crippen LogP contribution in [0.4, 0.5) is 0 Å². The van der Waals surface area contributed by atoms with Gasteiger partial charge in [-0.3, -0.25) is 4.79 Å². The second-order valence-corrected chi connectivity index (χ2v) is 9.02. The number of carboxylic acid groups (broad SMARTS) is 1. The van der Waals surface area contributed by atoms with Crippen LogP contribution in [0, 0.1) is 0 Å². The van der Waals surface area contributed by atoms with Crippen molar-refractivity contribution >= 4 is 23.6 Å². The van der Waals surface area contributed by atoms with Gasteiger partial charge in [0.05, 0.1) is 30.2 Å². The maximum atomic E-state index is 10.6. The molecular formula is C20H38N2O4S. The maximum Gasteiger partial charge on any atom is 0.217 e. The minimum absolute atomic E-state index is 0.201. The molecule has 4 N–H and O–H groups in total. The number of carboxylic acids is 1. The lowest BCUT2D eigenvalue weighted by Crippen LogP contribution is -2.95. The standard InChI is InChI=1S/C12H23N.C8H15NO4S/c1-3-7-11(8-4-1)13-12-9-5-2-6-10-12;1-5(10)3-14-4-7(8(12)13)9-6(2)11/h11-13H,1-10H2;5,7,10H,3-4H2,1-2H3,(H,9,11)(H,12,13)/t;5?,7-/m.0/s1. The average molecular weight is 403 g/mol. The molecule has 2 atom stereocenters. The van der Waals surface area contributed by atoms with Gasteiger partial charge in [0, 0.05) is 18.4 Å². The van der Waals surface area contributed by atoms with Crippen LogP contribution in [0.15, 0.2) is 0 Å². The smallest absolute Gasteiger partial charge is 0.217 e. The Bertz CT molecular complexity index is 406. The molecule has 0 saturated heterocycles. The average Bonchev–Trinajstić information content (AvgIpc) is 2.62. The number of thioether (sulfide) groups is 1. The first-order chi connectivity index (χ1) is 12.9. The molecule has 27 heavy (non-hydrogen) atoms. The van der Waals surface area contributed by atoms with Gasteiger partial charge in [0.25, 0.3) is 0 Å². The van der Waals surface area contributed by atoms with E-state index in [1.165, 1.54) is 82.9 Å². The van der Waals surface area contributed by atoms with Gasteiger partial charge in [-0.15, -0.1) is 0 Å². The third kappa shape index (κ3) is 12.3. The highest BCUT2D eigenvalue weighted by molar-refractivity contribution is 7.99. The third-order valence-electron chi connectivity index (χ3n) is 5.15. The van der Waals surface area contributed by atoms with E-state index in [2.05, 4.69) is 10.6 Å². The molecule has 158 valence electrons. The zero-order valence-corrected chi connectivity index (χ0v) is 17.8. The zero-order valence-electron chi connectivity index (χ0n) is 17.0. The number of rotatable bonds is 8. The lowest BCUT2D eigenvalue weighted by Gasteiger charge is -2.27. The van der Waals surface area contributed by atoms with E-state index in [1.54, 1.807) is 6.92 Å². The van der Waals surface area contributed by atoms with Crippen LogP contribution in [-0.4, -0.2) is 52.7 Å². The highest BCUT2D eigenvalue weighted by Gasteiger charge is 2.22. The van der Waals surface area contributed by atoms with Crippen molar-refractivity contribution in [2.75, 3.05) is 11.5 Å². The van der Waals surface area contributed by atoms with Crippen LogP contribution in [0.2, 0.25) is 0 Å². The molecule has 0 aromatic rings. The van der Waals surface area contributed by atoms with Crippen molar-refractivity contribution in [2.45, 2.75) is 102 Å². The first kappa shape index (κ1) is 24.2. The summed E-state index contributed by atoms with van der Waals surface area (Å²) in [5.74, 6) is -1.08. The summed E-state index contributed by atoms with van der Waals surface area (Å²) in [6.45, 7) is 2.86. The van der Waals surface area contributed by atoms with E-state index >= 15 is 0 Å². The predicted molar refractivity (Wildman–Crippen MR) is 107 cm³/mol. The van der Waals surface area contributed by atoms with Gasteiger partial charge in [0.15, 0.2) is 0 Å². The van der Waals surface area contributed by atoms with Gasteiger partial charge in [-0.1, -0.05) is 12.8 Å². The highest BCUT2D eigenvalue weighted by Crippen LogP contribution is 2.18. The van der Waals surface area contributed by atoms with Crippen LogP contribution >= 0.6 is 11.8 Å². The van der Waals surface area contributed by atoms with E-state index in [0.29, 0.717) is 5.75 Å². The number of carbonyl (C=O) groups is 2. The number of aliphatic hydroxyl groups is 1. The Balaban J connectivity index is 0.000000270. The molecule has 0 aromatic carbocycles. The molecule has 6 nitrogen and oxygen atoms in total. The summed E-state index contributed by atoms with van der Waals surface area (Å²) >= 11 is 1.25. The van der Waals surface area contributed by atoms with Crippen molar-refractivity contribution in [2.24, 2.45) is 0 Å². The normalized spacial score (nSPS) is 20.9. The van der Waals surface area contributed by atoms with E-state index in [9.17, 15) is 14.7 Å². The van der Waals surface area contributed by atoms with Crippen LogP contribution in [0.25, 0.3) is 0 Å². The van der Waals surface area contributed by atoms with Crippen LogP contribution in [0.1, 0.15) is 78.1 Å². The molecule has 0 aliphatic heterocycles. The third-order valence-corrected chi connectivity index (χ3v) is 6.44. The summed E-state index contributed by atoms with van der Waals surface area (Å²) < 4.78 is 0. The number of quaternary nitrogens is 1. The molecule has 0 bridgehead atoms. The van der Waals surface area contributed by atoms with Crippen LogP contribution < -0.4 is 15.7 Å². The minimum atomic E-state index is -1.31. The van der Waals surface area contributed by atoms with Gasteiger partial charge in [-0.2, -0.15) is 11.8 Å². The number of carbonyl (C=O) groups excluding carboxylic acids is 2. The number of nitrogens with one attached hydrogen (secondary N) is 1. The Morgan fingerprint density at radius 1 is 1.04 bits per heavy atom. The first-order valence-electron chi connectivity index (χ1n) is 10.5. The fraction of sp³-hybridized carbons (Fsp3) is 0.900. The van der Waals surface area contributed by atoms with Crippen molar-refractivity contribution in [1.82, 2.24) is 5.32 Å². The Morgan fingerprint density at radius 3 is 1.89 bits per heavy atom. The molecule has 2 rings (SSSR count). The molecule has 0 heterocycles. The second-order valence-electron chi connectivity index (χ2n) is 7.95. The monoisotopic (exact) mass is 402 g/mol. The Kier molecular flexibility index (Phi) is 12.8. The largest absolute Gasteiger partial charge is 0.548 e. The van der Waals surface area contributed by atoms with Crippen molar-refractivity contribution in [3.8, 4) is 0 Å². The number of nitrogens with two attached hydrogens (primary N) is 1. The first-order valence-corrected chi connectivity index (χ1v) is 11.6. The van der Waals surface area contributed by atoms with Crippen molar-refractivity contribution in [3.05, 3.63) is 0 Å². The summed E-state index contributed by atoms with van der Waals surface area (Å²) in [4.78, 5) is 21.1. The van der Waals surface area contributed by atoms with E-state index < -0.39 is 24.0 Å². The number of amides is 1. The number of aliphatic carboxylic acids is 1. The quantitative estimate of drug-likeness (QED) is 0.550. The van der Waals surface area contributed by atoms with Gasteiger partial charge < -0.3 is 25.6 Å². The molecule has 7 heteroatoms. The lowest BCUT2D eigenvalue weighted by molar-refractivity contribution is -0.725. The van der Waals surface area contributed by atoms with Crippen LogP contribution in [-0.2, 0) is 9.59 Å². The predicted octanol–water partition coefficient (Wildman–Crippen LogP) is 0.570. The lowest BCUT2D eigenvalue weighted by atomic mass is 9.91. The van der Waals surface area contributed by atoms with E-state index in [0.717, 1.165) is 12.1 Å². The van der Waals surface area contributed by atoms with Crippen molar-refractivity contribution in [1.29, 1.82) is 0 Å². The van der Waals surface area contributed by atoms with Crippen molar-refractivity contribution in [3.63, 3.8) is 0 Å². The number of hydrogen-bond acceptors (Lipinski definition) is 5. The summed E-state index contributed by atoms with van der Waals surface area (Å²) in [6, 6.07) is 1.00. The Labute approximate surface area is 168 Å². The number of hydrogen-bond donors (Lipinski definition) is 3. The second kappa shape index (κ2) is 14.2. The molecule has 0 aromatic heterocycles. The van der Waals surface area contributed by atoms with Gasteiger partial charge in [-0.25, -0.2) is 0 Å². The van der Waals surface area contributed by atoms with Crippen LogP contribution in [0.3, 0.4) is 0 Å².